The maximum absolute atomic E-state index is 8.63. The molecule has 1 aromatic rings. The Balaban J connectivity index is -0.000000149. The molecule has 0 amide bonds. The van der Waals surface area contributed by atoms with Crippen molar-refractivity contribution in [1.29, 1.82) is 0 Å². The third-order valence-electron chi connectivity index (χ3n) is 0.756. The van der Waals surface area contributed by atoms with Crippen molar-refractivity contribution in [1.82, 2.24) is 0 Å². The van der Waals surface area contributed by atoms with E-state index in [1.807, 2.05) is 19.9 Å². The number of hydrogen-bond acceptors (Lipinski definition) is 1. The molecule has 0 aliphatic carbocycles. The molecule has 1 nitrogen and oxygen atoms in total. The van der Waals surface area contributed by atoms with E-state index >= 15 is 0 Å². The molecule has 0 aliphatic rings. The first kappa shape index (κ1) is 17.6. The molecule has 1 aromatic carbocycles. The predicted octanol–water partition coefficient (Wildman–Crippen LogP) is 2.87. The van der Waals surface area contributed by atoms with Gasteiger partial charge in [-0.3, -0.25) is 0 Å². The van der Waals surface area contributed by atoms with Gasteiger partial charge in [-0.05, 0) is 12.1 Å². The van der Waals surface area contributed by atoms with Crippen LogP contribution in [0.25, 0.3) is 0 Å². The first-order chi connectivity index (χ1) is 4.39. The van der Waals surface area contributed by atoms with Crippen LogP contribution in [0.1, 0.15) is 13.8 Å². The number of benzene rings is 1. The van der Waals surface area contributed by atoms with Crippen molar-refractivity contribution < 1.29 is 52.0 Å². The first-order valence-corrected chi connectivity index (χ1v) is 3.13. The van der Waals surface area contributed by atoms with E-state index in [1.165, 1.54) is 0 Å². The van der Waals surface area contributed by atoms with Crippen LogP contribution in [0.15, 0.2) is 30.3 Å². The zero-order chi connectivity index (χ0) is 7.11. The van der Waals surface area contributed by atoms with Gasteiger partial charge >= 0.3 is 0 Å². The van der Waals surface area contributed by atoms with Gasteiger partial charge in [0.2, 0.25) is 0 Å². The average Bonchev–Trinajstić information content (AvgIpc) is 1.94. The van der Waals surface area contributed by atoms with Gasteiger partial charge in [0.25, 0.3) is 0 Å². The largest absolute Gasteiger partial charge is 0.508 e. The van der Waals surface area contributed by atoms with E-state index in [-0.39, 0.29) is 54.4 Å². The number of para-hydroxylation sites is 1. The summed E-state index contributed by atoms with van der Waals surface area (Å²) >= 11 is 0. The van der Waals surface area contributed by atoms with Crippen molar-refractivity contribution in [3.8, 4) is 5.75 Å². The molecule has 0 atom stereocenters. The maximum Gasteiger partial charge on any atom is 0.115 e. The average molecular weight is 312 g/mol. The SMILES string of the molecule is CC.Oc1ccccc1.[CH3-].[Yb]. The van der Waals surface area contributed by atoms with Gasteiger partial charge < -0.3 is 12.5 Å². The molecule has 0 saturated carbocycles. The van der Waals surface area contributed by atoms with Crippen molar-refractivity contribution in [2.75, 3.05) is 0 Å². The van der Waals surface area contributed by atoms with Gasteiger partial charge in [0.05, 0.1) is 0 Å². The summed E-state index contributed by atoms with van der Waals surface area (Å²) in [6, 6.07) is 8.71. The molecule has 0 fully saturated rings. The minimum atomic E-state index is 0. The number of phenols is 1. The van der Waals surface area contributed by atoms with Crippen LogP contribution < -0.4 is 0 Å². The summed E-state index contributed by atoms with van der Waals surface area (Å²) in [5.74, 6) is 0.322. The van der Waals surface area contributed by atoms with Crippen LogP contribution in [-0.2, 0) is 0 Å². The second-order valence-electron chi connectivity index (χ2n) is 1.34. The van der Waals surface area contributed by atoms with Gasteiger partial charge in [-0.25, -0.2) is 0 Å². The fourth-order valence-electron chi connectivity index (χ4n) is 0.428. The number of hydrogen-bond donors (Lipinski definition) is 1. The molecule has 0 radical (unpaired) electrons. The van der Waals surface area contributed by atoms with E-state index in [2.05, 4.69) is 0 Å². The number of aromatic hydroxyl groups is 1. The van der Waals surface area contributed by atoms with Gasteiger partial charge in [0.15, 0.2) is 0 Å². The summed E-state index contributed by atoms with van der Waals surface area (Å²) in [5, 5.41) is 8.63. The molecule has 0 saturated heterocycles. The summed E-state index contributed by atoms with van der Waals surface area (Å²) in [6.45, 7) is 4.00. The third kappa shape index (κ3) is 10.5. The number of phenolic OH excluding ortho intramolecular Hbond substituents is 1. The van der Waals surface area contributed by atoms with E-state index in [9.17, 15) is 0 Å². The zero-order valence-electron chi connectivity index (χ0n) is 7.10. The summed E-state index contributed by atoms with van der Waals surface area (Å²) in [6.07, 6.45) is 0. The molecule has 0 bridgehead atoms. The van der Waals surface area contributed by atoms with Crippen molar-refractivity contribution >= 4 is 0 Å². The maximum atomic E-state index is 8.63. The minimum Gasteiger partial charge on any atom is -0.508 e. The quantitative estimate of drug-likeness (QED) is 0.731. The predicted molar refractivity (Wildman–Crippen MR) is 45.9 cm³/mol. The summed E-state index contributed by atoms with van der Waals surface area (Å²) in [4.78, 5) is 0. The number of rotatable bonds is 0. The summed E-state index contributed by atoms with van der Waals surface area (Å²) in [7, 11) is 0. The van der Waals surface area contributed by atoms with Gasteiger partial charge in [-0.2, -0.15) is 0 Å². The molecule has 0 heterocycles. The Morgan fingerprint density at radius 3 is 1.55 bits per heavy atom. The van der Waals surface area contributed by atoms with Crippen LogP contribution in [0.3, 0.4) is 0 Å². The van der Waals surface area contributed by atoms with E-state index in [0.29, 0.717) is 5.75 Å². The molecule has 72 valence electrons. The second-order valence-corrected chi connectivity index (χ2v) is 1.34. The molecule has 2 heteroatoms. The van der Waals surface area contributed by atoms with Crippen LogP contribution in [0.4, 0.5) is 0 Å². The van der Waals surface area contributed by atoms with Gasteiger partial charge in [-0.1, -0.05) is 32.0 Å². The Bertz CT molecular complexity index is 139. The fourth-order valence-corrected chi connectivity index (χ4v) is 0.428. The Labute approximate surface area is 108 Å². The van der Waals surface area contributed by atoms with Crippen molar-refractivity contribution in [3.63, 3.8) is 0 Å². The zero-order valence-corrected chi connectivity index (χ0v) is 8.82. The van der Waals surface area contributed by atoms with Crippen molar-refractivity contribution in [2.24, 2.45) is 0 Å². The molecular weight excluding hydrogens is 297 g/mol. The van der Waals surface area contributed by atoms with Gasteiger partial charge in [-0.15, -0.1) is 0 Å². The Morgan fingerprint density at radius 2 is 1.36 bits per heavy atom. The van der Waals surface area contributed by atoms with E-state index in [0.717, 1.165) is 0 Å². The second kappa shape index (κ2) is 13.2. The molecule has 1 N–H and O–H groups in total. The third-order valence-corrected chi connectivity index (χ3v) is 0.756. The summed E-state index contributed by atoms with van der Waals surface area (Å²) < 4.78 is 0. The normalized spacial score (nSPS) is 6.00. The molecule has 0 unspecified atom stereocenters. The van der Waals surface area contributed by atoms with Crippen LogP contribution >= 0.6 is 0 Å². The molecule has 11 heavy (non-hydrogen) atoms. The van der Waals surface area contributed by atoms with Crippen LogP contribution in [0.5, 0.6) is 5.75 Å². The fraction of sp³-hybridized carbons (Fsp3) is 0.222. The molecule has 0 spiro atoms. The van der Waals surface area contributed by atoms with Crippen molar-refractivity contribution in [2.45, 2.75) is 13.8 Å². The summed E-state index contributed by atoms with van der Waals surface area (Å²) in [5.41, 5.74) is 0. The van der Waals surface area contributed by atoms with Crippen LogP contribution in [0.2, 0.25) is 0 Å². The minimum absolute atomic E-state index is 0. The smallest absolute Gasteiger partial charge is 0.115 e. The Morgan fingerprint density at radius 1 is 1.00 bits per heavy atom. The van der Waals surface area contributed by atoms with E-state index in [1.54, 1.807) is 24.3 Å². The monoisotopic (exact) mass is 313 g/mol. The van der Waals surface area contributed by atoms with Crippen LogP contribution in [0, 0.1) is 54.4 Å². The van der Waals surface area contributed by atoms with Crippen LogP contribution in [-0.4, -0.2) is 5.11 Å². The molecule has 1 rings (SSSR count). The van der Waals surface area contributed by atoms with Gasteiger partial charge in [0, 0.05) is 46.9 Å². The Kier molecular flexibility index (Phi) is 21.0. The molecule has 0 aliphatic heterocycles. The molecule has 0 aromatic heterocycles. The standard InChI is InChI=1S/C6H6O.C2H6.CH3.Yb/c7-6-4-2-1-3-5-6;1-2;;/h1-5,7H;1-2H3;1H3;/q;;-1;. The van der Waals surface area contributed by atoms with Crippen molar-refractivity contribution in [3.05, 3.63) is 37.8 Å². The molecular formula is C9H15OYb-. The van der Waals surface area contributed by atoms with E-state index < -0.39 is 0 Å². The van der Waals surface area contributed by atoms with E-state index in [4.69, 9.17) is 5.11 Å². The first-order valence-electron chi connectivity index (χ1n) is 3.13. The topological polar surface area (TPSA) is 20.2 Å². The van der Waals surface area contributed by atoms with Gasteiger partial charge in [0.1, 0.15) is 5.75 Å². The Hall–Kier alpha value is 0.539.